The number of benzene rings is 1. The lowest BCUT2D eigenvalue weighted by Gasteiger charge is -2.28. The number of nitrogens with one attached hydrogen (secondary N) is 1. The van der Waals surface area contributed by atoms with Gasteiger partial charge in [0, 0.05) is 44.3 Å². The first-order chi connectivity index (χ1) is 12.3. The van der Waals surface area contributed by atoms with Crippen LogP contribution in [0.15, 0.2) is 35.1 Å². The van der Waals surface area contributed by atoms with Crippen molar-refractivity contribution in [3.8, 4) is 0 Å². The molecule has 5 nitrogen and oxygen atoms in total. The quantitative estimate of drug-likeness (QED) is 0.763. The van der Waals surface area contributed by atoms with Crippen LogP contribution < -0.4 is 5.56 Å². The smallest absolute Gasteiger partial charge is 0.346 e. The number of nitrogens with zero attached hydrogens (tertiary/aromatic N) is 3. The minimum atomic E-state index is -4.64. The highest BCUT2D eigenvalue weighted by atomic mass is 19.4. The lowest BCUT2D eigenvalue weighted by molar-refractivity contribution is -0.145. The molecule has 1 aliphatic heterocycles. The second-order valence-electron chi connectivity index (χ2n) is 6.55. The fourth-order valence-electron chi connectivity index (χ4n) is 3.48. The molecular weight excluding hydrogens is 345 g/mol. The molecule has 2 aromatic heterocycles. The Balaban J connectivity index is 1.60. The van der Waals surface area contributed by atoms with Crippen molar-refractivity contribution in [3.05, 3.63) is 63.5 Å². The average Bonchev–Trinajstić information content (AvgIpc) is 2.91. The van der Waals surface area contributed by atoms with Gasteiger partial charge in [0.15, 0.2) is 0 Å². The van der Waals surface area contributed by atoms with E-state index in [0.717, 1.165) is 16.6 Å². The third kappa shape index (κ3) is 2.90. The molecule has 0 saturated heterocycles. The summed E-state index contributed by atoms with van der Waals surface area (Å²) in [4.78, 5) is 19.7. The van der Waals surface area contributed by atoms with Crippen LogP contribution in [0.1, 0.15) is 22.8 Å². The third-order valence-electron chi connectivity index (χ3n) is 4.85. The van der Waals surface area contributed by atoms with E-state index in [1.54, 1.807) is 0 Å². The zero-order valence-electron chi connectivity index (χ0n) is 14.1. The molecule has 0 aliphatic carbocycles. The monoisotopic (exact) mass is 362 g/mol. The van der Waals surface area contributed by atoms with Crippen molar-refractivity contribution in [3.63, 3.8) is 0 Å². The van der Waals surface area contributed by atoms with E-state index >= 15 is 0 Å². The Morgan fingerprint density at radius 2 is 2.04 bits per heavy atom. The van der Waals surface area contributed by atoms with Gasteiger partial charge in [0.2, 0.25) is 5.82 Å². The zero-order valence-corrected chi connectivity index (χ0v) is 14.1. The molecule has 0 saturated carbocycles. The van der Waals surface area contributed by atoms with E-state index in [4.69, 9.17) is 0 Å². The Kier molecular flexibility index (Phi) is 3.87. The van der Waals surface area contributed by atoms with Crippen molar-refractivity contribution in [2.24, 2.45) is 7.05 Å². The number of hydrogen-bond donors (Lipinski definition) is 1. The van der Waals surface area contributed by atoms with Crippen molar-refractivity contribution in [2.75, 3.05) is 6.54 Å². The molecule has 1 aromatic carbocycles. The number of hydrogen-bond acceptors (Lipinski definition) is 3. The number of fused-ring (bicyclic) bond motifs is 2. The summed E-state index contributed by atoms with van der Waals surface area (Å²) in [5.74, 6) is -1.22. The van der Waals surface area contributed by atoms with E-state index in [1.807, 2.05) is 36.3 Å². The maximum absolute atomic E-state index is 12.8. The van der Waals surface area contributed by atoms with Crippen molar-refractivity contribution in [2.45, 2.75) is 25.7 Å². The van der Waals surface area contributed by atoms with Gasteiger partial charge in [0.05, 0.1) is 11.3 Å². The molecular formula is C18H17F3N4O. The highest BCUT2D eigenvalue weighted by molar-refractivity contribution is 5.81. The summed E-state index contributed by atoms with van der Waals surface area (Å²) in [7, 11) is 1.99. The van der Waals surface area contributed by atoms with Crippen LogP contribution in [0, 0.1) is 0 Å². The van der Waals surface area contributed by atoms with Crippen LogP contribution >= 0.6 is 0 Å². The summed E-state index contributed by atoms with van der Waals surface area (Å²) in [6.45, 7) is 1.46. The Hall–Kier alpha value is -2.61. The molecule has 0 fully saturated rings. The van der Waals surface area contributed by atoms with Crippen LogP contribution in [0.25, 0.3) is 10.9 Å². The number of aryl methyl sites for hydroxylation is 1. The maximum Gasteiger partial charge on any atom is 0.449 e. The molecule has 1 N–H and O–H groups in total. The summed E-state index contributed by atoms with van der Waals surface area (Å²) in [6.07, 6.45) is -4.32. The van der Waals surface area contributed by atoms with E-state index in [0.29, 0.717) is 25.1 Å². The Morgan fingerprint density at radius 1 is 1.27 bits per heavy atom. The molecule has 0 spiro atoms. The molecule has 3 aromatic rings. The molecule has 0 unspecified atom stereocenters. The predicted molar refractivity (Wildman–Crippen MR) is 90.6 cm³/mol. The van der Waals surface area contributed by atoms with Gasteiger partial charge in [-0.3, -0.25) is 9.69 Å². The number of para-hydroxylation sites is 1. The lowest BCUT2D eigenvalue weighted by atomic mass is 10.1. The minimum absolute atomic E-state index is 0.245. The minimum Gasteiger partial charge on any atom is -0.346 e. The summed E-state index contributed by atoms with van der Waals surface area (Å²) < 4.78 is 40.5. The van der Waals surface area contributed by atoms with Crippen molar-refractivity contribution >= 4 is 10.9 Å². The maximum atomic E-state index is 12.8. The highest BCUT2D eigenvalue weighted by Crippen LogP contribution is 2.27. The summed E-state index contributed by atoms with van der Waals surface area (Å²) in [6, 6.07) is 10.1. The number of halogens is 3. The molecule has 4 rings (SSSR count). The fraction of sp³-hybridized carbons (Fsp3) is 0.333. The lowest BCUT2D eigenvalue weighted by Crippen LogP contribution is -2.37. The third-order valence-corrected chi connectivity index (χ3v) is 4.85. The molecule has 3 heterocycles. The van der Waals surface area contributed by atoms with Gasteiger partial charge < -0.3 is 9.55 Å². The number of aromatic nitrogens is 3. The molecule has 1 aliphatic rings. The van der Waals surface area contributed by atoms with Gasteiger partial charge in [-0.25, -0.2) is 4.98 Å². The fourth-order valence-corrected chi connectivity index (χ4v) is 3.48. The topological polar surface area (TPSA) is 53.9 Å². The molecule has 136 valence electrons. The molecule has 0 amide bonds. The van der Waals surface area contributed by atoms with Crippen molar-refractivity contribution in [1.82, 2.24) is 19.4 Å². The van der Waals surface area contributed by atoms with Gasteiger partial charge in [-0.1, -0.05) is 18.2 Å². The normalized spacial score (nSPS) is 15.4. The van der Waals surface area contributed by atoms with E-state index < -0.39 is 17.6 Å². The van der Waals surface area contributed by atoms with Gasteiger partial charge in [-0.2, -0.15) is 13.2 Å². The van der Waals surface area contributed by atoms with E-state index in [9.17, 15) is 18.0 Å². The number of aromatic amines is 1. The van der Waals surface area contributed by atoms with Crippen LogP contribution in [-0.2, 0) is 32.7 Å². The van der Waals surface area contributed by atoms with Crippen molar-refractivity contribution < 1.29 is 13.2 Å². The van der Waals surface area contributed by atoms with E-state index in [2.05, 4.69) is 20.5 Å². The van der Waals surface area contributed by atoms with E-state index in [-0.39, 0.29) is 12.2 Å². The van der Waals surface area contributed by atoms with Crippen molar-refractivity contribution in [1.29, 1.82) is 0 Å². The standard InChI is InChI=1S/C18H17F3N4O/c1-24-12(8-11-4-2-3-5-15(11)24)9-25-7-6-14-13(10-25)16(26)23-17(22-14)18(19,20)21/h2-5,8H,6-7,9-10H2,1H3,(H,22,23,26). The van der Waals surface area contributed by atoms with Gasteiger partial charge in [-0.15, -0.1) is 0 Å². The second-order valence-corrected chi connectivity index (χ2v) is 6.55. The number of H-pyrrole nitrogens is 1. The summed E-state index contributed by atoms with van der Waals surface area (Å²) in [5, 5.41) is 1.14. The Bertz CT molecular complexity index is 1040. The summed E-state index contributed by atoms with van der Waals surface area (Å²) in [5.41, 5.74) is 2.07. The largest absolute Gasteiger partial charge is 0.449 e. The summed E-state index contributed by atoms with van der Waals surface area (Å²) >= 11 is 0. The first kappa shape index (κ1) is 16.8. The van der Waals surface area contributed by atoms with Gasteiger partial charge >= 0.3 is 6.18 Å². The van der Waals surface area contributed by atoms with Gasteiger partial charge in [0.1, 0.15) is 0 Å². The van der Waals surface area contributed by atoms with Crippen LogP contribution in [0.2, 0.25) is 0 Å². The van der Waals surface area contributed by atoms with Gasteiger partial charge in [-0.05, 0) is 17.5 Å². The highest BCUT2D eigenvalue weighted by Gasteiger charge is 2.36. The van der Waals surface area contributed by atoms with Gasteiger partial charge in [0.25, 0.3) is 5.56 Å². The molecule has 0 bridgehead atoms. The molecule has 0 radical (unpaired) electrons. The first-order valence-corrected chi connectivity index (χ1v) is 8.28. The molecule has 0 atom stereocenters. The van der Waals surface area contributed by atoms with Crippen LogP contribution in [-0.4, -0.2) is 26.0 Å². The average molecular weight is 362 g/mol. The SMILES string of the molecule is Cn1c(CN2CCc3nc(C(F)(F)F)[nH]c(=O)c3C2)cc2ccccc21. The number of alkyl halides is 3. The number of rotatable bonds is 2. The Labute approximate surface area is 147 Å². The molecule has 26 heavy (non-hydrogen) atoms. The van der Waals surface area contributed by atoms with Crippen LogP contribution in [0.4, 0.5) is 13.2 Å². The van der Waals surface area contributed by atoms with E-state index in [1.165, 1.54) is 0 Å². The predicted octanol–water partition coefficient (Wildman–Crippen LogP) is 2.84. The first-order valence-electron chi connectivity index (χ1n) is 8.28. The van der Waals surface area contributed by atoms with Crippen LogP contribution in [0.3, 0.4) is 0 Å². The zero-order chi connectivity index (χ0) is 18.5. The second kappa shape index (κ2) is 5.98. The van der Waals surface area contributed by atoms with Crippen LogP contribution in [0.5, 0.6) is 0 Å². The Morgan fingerprint density at radius 3 is 2.77 bits per heavy atom. The molecule has 8 heteroatoms.